The number of likely N-dealkylation sites (tertiary alicyclic amines) is 1. The number of rotatable bonds is 3. The van der Waals surface area contributed by atoms with Gasteiger partial charge in [-0.2, -0.15) is 5.10 Å². The summed E-state index contributed by atoms with van der Waals surface area (Å²) in [4.78, 5) is 28.7. The third kappa shape index (κ3) is 3.04. The van der Waals surface area contributed by atoms with Gasteiger partial charge in [0.05, 0.1) is 11.4 Å². The zero-order chi connectivity index (χ0) is 17.4. The van der Waals surface area contributed by atoms with Crippen LogP contribution in [0.25, 0.3) is 10.9 Å². The number of nitrogens with zero attached hydrogens (tertiary/aromatic N) is 2. The lowest BCUT2D eigenvalue weighted by Gasteiger charge is -2.16. The molecule has 2 N–H and O–H groups in total. The van der Waals surface area contributed by atoms with Gasteiger partial charge in [-0.3, -0.25) is 9.59 Å². The second-order valence-electron chi connectivity index (χ2n) is 6.89. The minimum atomic E-state index is -0.234. The number of carbonyl (C=O) groups is 2. The molecule has 0 atom stereocenters. The fourth-order valence-electron chi connectivity index (χ4n) is 3.75. The Bertz CT molecular complexity index is 881. The average molecular weight is 338 g/mol. The van der Waals surface area contributed by atoms with E-state index >= 15 is 0 Å². The van der Waals surface area contributed by atoms with E-state index in [0.717, 1.165) is 42.6 Å². The zero-order valence-electron chi connectivity index (χ0n) is 14.4. The van der Waals surface area contributed by atoms with Gasteiger partial charge < -0.3 is 9.88 Å². The molecule has 0 bridgehead atoms. The molecule has 1 aromatic carbocycles. The van der Waals surface area contributed by atoms with E-state index in [4.69, 9.17) is 0 Å². The molecular formula is C19H22N4O2. The van der Waals surface area contributed by atoms with Gasteiger partial charge in [-0.05, 0) is 50.3 Å². The number of benzene rings is 1. The van der Waals surface area contributed by atoms with Gasteiger partial charge in [0.15, 0.2) is 0 Å². The quantitative estimate of drug-likeness (QED) is 0.842. The highest BCUT2D eigenvalue weighted by Crippen LogP contribution is 2.30. The van der Waals surface area contributed by atoms with Crippen molar-refractivity contribution in [2.75, 3.05) is 13.1 Å². The van der Waals surface area contributed by atoms with Gasteiger partial charge in [0.1, 0.15) is 6.54 Å². The van der Waals surface area contributed by atoms with Crippen LogP contribution >= 0.6 is 0 Å². The van der Waals surface area contributed by atoms with E-state index in [2.05, 4.69) is 40.6 Å². The van der Waals surface area contributed by atoms with Crippen molar-refractivity contribution in [3.8, 4) is 0 Å². The maximum absolute atomic E-state index is 12.1. The summed E-state index contributed by atoms with van der Waals surface area (Å²) in [6, 6.07) is 6.39. The largest absolute Gasteiger partial charge is 0.353 e. The first-order valence-corrected chi connectivity index (χ1v) is 8.86. The van der Waals surface area contributed by atoms with E-state index in [1.807, 2.05) is 0 Å². The highest BCUT2D eigenvalue weighted by Gasteiger charge is 2.23. The monoisotopic (exact) mass is 338 g/mol. The third-order valence-corrected chi connectivity index (χ3v) is 5.01. The maximum atomic E-state index is 12.1. The molecule has 0 spiro atoms. The van der Waals surface area contributed by atoms with Crippen molar-refractivity contribution in [3.63, 3.8) is 0 Å². The first kappa shape index (κ1) is 15.9. The van der Waals surface area contributed by atoms with E-state index in [-0.39, 0.29) is 18.4 Å². The molecule has 1 aliphatic carbocycles. The molecule has 2 heterocycles. The number of hydrazone groups is 1. The van der Waals surface area contributed by atoms with Gasteiger partial charge in [-0.1, -0.05) is 11.6 Å². The lowest BCUT2D eigenvalue weighted by molar-refractivity contribution is -0.133. The number of H-pyrrole nitrogens is 1. The lowest BCUT2D eigenvalue weighted by Crippen LogP contribution is -2.36. The van der Waals surface area contributed by atoms with E-state index in [0.29, 0.717) is 13.0 Å². The van der Waals surface area contributed by atoms with Crippen molar-refractivity contribution in [1.29, 1.82) is 0 Å². The molecule has 4 rings (SSSR count). The molecular weight excluding hydrogens is 316 g/mol. The minimum Gasteiger partial charge on any atom is -0.353 e. The smallest absolute Gasteiger partial charge is 0.259 e. The zero-order valence-corrected chi connectivity index (χ0v) is 14.4. The number of hydrogen-bond donors (Lipinski definition) is 2. The van der Waals surface area contributed by atoms with Crippen LogP contribution in [0, 0.1) is 6.92 Å². The van der Waals surface area contributed by atoms with Crippen molar-refractivity contribution >= 4 is 28.4 Å². The van der Waals surface area contributed by atoms with Crippen molar-refractivity contribution < 1.29 is 9.59 Å². The Balaban J connectivity index is 1.54. The summed E-state index contributed by atoms with van der Waals surface area (Å²) >= 11 is 0. The normalized spacial score (nSPS) is 18.8. The summed E-state index contributed by atoms with van der Waals surface area (Å²) in [6.07, 6.45) is 4.25. The molecule has 2 amide bonds. The Morgan fingerprint density at radius 1 is 1.28 bits per heavy atom. The van der Waals surface area contributed by atoms with Gasteiger partial charge in [0, 0.05) is 23.9 Å². The van der Waals surface area contributed by atoms with Gasteiger partial charge >= 0.3 is 0 Å². The van der Waals surface area contributed by atoms with E-state index in [1.165, 1.54) is 16.5 Å². The molecule has 1 aliphatic heterocycles. The molecule has 2 aromatic rings. The number of nitrogens with one attached hydrogen (secondary N) is 2. The number of aromatic nitrogens is 1. The van der Waals surface area contributed by atoms with Crippen LogP contribution in [-0.2, 0) is 16.0 Å². The molecule has 1 fully saturated rings. The van der Waals surface area contributed by atoms with Crippen molar-refractivity contribution in [2.24, 2.45) is 5.10 Å². The highest BCUT2D eigenvalue weighted by molar-refractivity contribution is 6.06. The van der Waals surface area contributed by atoms with Crippen LogP contribution in [0.15, 0.2) is 23.3 Å². The van der Waals surface area contributed by atoms with Gasteiger partial charge in [0.2, 0.25) is 5.91 Å². The van der Waals surface area contributed by atoms with E-state index in [9.17, 15) is 9.59 Å². The molecule has 130 valence electrons. The molecule has 0 saturated carbocycles. The molecule has 2 aliphatic rings. The third-order valence-electron chi connectivity index (χ3n) is 5.01. The topological polar surface area (TPSA) is 77.6 Å². The first-order valence-electron chi connectivity index (χ1n) is 8.86. The lowest BCUT2D eigenvalue weighted by atomic mass is 9.94. The average Bonchev–Trinajstić information content (AvgIpc) is 3.17. The van der Waals surface area contributed by atoms with Gasteiger partial charge in [-0.25, -0.2) is 5.43 Å². The summed E-state index contributed by atoms with van der Waals surface area (Å²) in [7, 11) is 0. The molecule has 0 radical (unpaired) electrons. The number of carbonyl (C=O) groups excluding carboxylic acids is 2. The number of hydrogen-bond acceptors (Lipinski definition) is 3. The Morgan fingerprint density at radius 3 is 2.96 bits per heavy atom. The standard InChI is InChI=1S/C19H22N4O2/c1-12-7-8-15-14(10-12)13-4-2-5-16(19(13)20-15)21-22-17(24)11-23-9-3-6-18(23)25/h7-8,10,20H,2-6,9,11H2,1H3,(H,22,24). The van der Waals surface area contributed by atoms with Crippen LogP contribution < -0.4 is 5.43 Å². The van der Waals surface area contributed by atoms with Gasteiger partial charge in [-0.15, -0.1) is 0 Å². The summed E-state index contributed by atoms with van der Waals surface area (Å²) in [5, 5.41) is 5.60. The second kappa shape index (κ2) is 6.35. The number of aryl methyl sites for hydroxylation is 2. The molecule has 0 unspecified atom stereocenters. The fourth-order valence-corrected chi connectivity index (χ4v) is 3.75. The predicted molar refractivity (Wildman–Crippen MR) is 96.5 cm³/mol. The fraction of sp³-hybridized carbons (Fsp3) is 0.421. The van der Waals surface area contributed by atoms with Crippen molar-refractivity contribution in [3.05, 3.63) is 35.0 Å². The summed E-state index contributed by atoms with van der Waals surface area (Å²) in [6.45, 7) is 2.85. The molecule has 6 nitrogen and oxygen atoms in total. The predicted octanol–water partition coefficient (Wildman–Crippen LogP) is 2.26. The molecule has 1 aromatic heterocycles. The minimum absolute atomic E-state index is 0.0498. The second-order valence-corrected chi connectivity index (χ2v) is 6.89. The number of amides is 2. The Hall–Kier alpha value is -2.63. The first-order chi connectivity index (χ1) is 12.1. The van der Waals surface area contributed by atoms with Crippen LogP contribution in [0.3, 0.4) is 0 Å². The van der Waals surface area contributed by atoms with Crippen LogP contribution in [0.5, 0.6) is 0 Å². The number of fused-ring (bicyclic) bond motifs is 3. The van der Waals surface area contributed by atoms with Crippen molar-refractivity contribution in [1.82, 2.24) is 15.3 Å². The van der Waals surface area contributed by atoms with Crippen LogP contribution in [0.4, 0.5) is 0 Å². The van der Waals surface area contributed by atoms with Crippen LogP contribution in [0.2, 0.25) is 0 Å². The molecule has 25 heavy (non-hydrogen) atoms. The Morgan fingerprint density at radius 2 is 2.16 bits per heavy atom. The van der Waals surface area contributed by atoms with E-state index in [1.54, 1.807) is 4.90 Å². The summed E-state index contributed by atoms with van der Waals surface area (Å²) in [5.74, 6) is -0.185. The van der Waals surface area contributed by atoms with Crippen LogP contribution in [0.1, 0.15) is 42.5 Å². The Labute approximate surface area is 146 Å². The molecule has 6 heteroatoms. The summed E-state index contributed by atoms with van der Waals surface area (Å²) < 4.78 is 0. The van der Waals surface area contributed by atoms with Crippen molar-refractivity contribution in [2.45, 2.75) is 39.0 Å². The Kier molecular flexibility index (Phi) is 4.03. The SMILES string of the molecule is Cc1ccc2[nH]c3c(c2c1)CCCC3=NNC(=O)CN1CCCC1=O. The van der Waals surface area contributed by atoms with Gasteiger partial charge in [0.25, 0.3) is 5.91 Å². The molecule has 1 saturated heterocycles. The summed E-state index contributed by atoms with van der Waals surface area (Å²) in [5.41, 5.74) is 8.18. The maximum Gasteiger partial charge on any atom is 0.259 e. The highest BCUT2D eigenvalue weighted by atomic mass is 16.2. The van der Waals surface area contributed by atoms with E-state index < -0.39 is 0 Å². The number of aromatic amines is 1. The van der Waals surface area contributed by atoms with Crippen LogP contribution in [-0.4, -0.2) is 40.5 Å².